The monoisotopic (exact) mass is 390 g/mol. The summed E-state index contributed by atoms with van der Waals surface area (Å²) in [5.74, 6) is -1.03. The second-order valence-electron chi connectivity index (χ2n) is 5.54. The molecule has 0 saturated heterocycles. The fraction of sp³-hybridized carbons (Fsp3) is 0.222. The molecule has 6 heteroatoms. The second kappa shape index (κ2) is 7.49. The number of para-hydroxylation sites is 1. The lowest BCUT2D eigenvalue weighted by molar-refractivity contribution is -0.123. The molecule has 0 heterocycles. The molecule has 0 aliphatic carbocycles. The number of esters is 1. The van der Waals surface area contributed by atoms with E-state index >= 15 is 0 Å². The van der Waals surface area contributed by atoms with Crippen LogP contribution in [0.3, 0.4) is 0 Å². The van der Waals surface area contributed by atoms with Gasteiger partial charge in [-0.25, -0.2) is 4.79 Å². The number of amides is 1. The summed E-state index contributed by atoms with van der Waals surface area (Å²) in [4.78, 5) is 24.5. The summed E-state index contributed by atoms with van der Waals surface area (Å²) in [6.07, 6.45) is -0.949. The number of hydrogen-bond acceptors (Lipinski definition) is 4. The first-order chi connectivity index (χ1) is 11.3. The van der Waals surface area contributed by atoms with Crippen molar-refractivity contribution in [2.24, 2.45) is 0 Å². The van der Waals surface area contributed by atoms with E-state index < -0.39 is 18.0 Å². The van der Waals surface area contributed by atoms with Crippen LogP contribution in [0.5, 0.6) is 0 Å². The van der Waals surface area contributed by atoms with E-state index in [9.17, 15) is 9.59 Å². The highest BCUT2D eigenvalue weighted by molar-refractivity contribution is 9.10. The van der Waals surface area contributed by atoms with Gasteiger partial charge in [0.15, 0.2) is 6.10 Å². The average Bonchev–Trinajstić information content (AvgIpc) is 2.53. The first-order valence-corrected chi connectivity index (χ1v) is 8.22. The number of aryl methyl sites for hydroxylation is 2. The van der Waals surface area contributed by atoms with Gasteiger partial charge in [0.25, 0.3) is 5.91 Å². The molecule has 0 fully saturated rings. The first kappa shape index (κ1) is 18.0. The molecule has 1 amide bonds. The van der Waals surface area contributed by atoms with Crippen LogP contribution in [0, 0.1) is 13.8 Å². The Morgan fingerprint density at radius 1 is 1.17 bits per heavy atom. The molecule has 0 bridgehead atoms. The highest BCUT2D eigenvalue weighted by Gasteiger charge is 2.21. The van der Waals surface area contributed by atoms with Crippen molar-refractivity contribution in [2.45, 2.75) is 26.9 Å². The molecule has 1 atom stereocenters. The third-order valence-corrected chi connectivity index (χ3v) is 4.11. The minimum Gasteiger partial charge on any atom is -0.449 e. The molecule has 5 nitrogen and oxygen atoms in total. The molecule has 2 aromatic rings. The molecule has 0 spiro atoms. The van der Waals surface area contributed by atoms with E-state index in [4.69, 9.17) is 10.5 Å². The van der Waals surface area contributed by atoms with Gasteiger partial charge in [-0.1, -0.05) is 34.1 Å². The minimum atomic E-state index is -0.949. The normalized spacial score (nSPS) is 11.7. The Morgan fingerprint density at radius 2 is 1.79 bits per heavy atom. The van der Waals surface area contributed by atoms with Crippen LogP contribution in [0.25, 0.3) is 0 Å². The molecule has 0 aliphatic heterocycles. The third-order valence-electron chi connectivity index (χ3n) is 3.62. The molecule has 0 unspecified atom stereocenters. The number of benzene rings is 2. The zero-order valence-electron chi connectivity index (χ0n) is 13.7. The van der Waals surface area contributed by atoms with Crippen molar-refractivity contribution in [3.63, 3.8) is 0 Å². The maximum absolute atomic E-state index is 12.3. The zero-order chi connectivity index (χ0) is 17.9. The topological polar surface area (TPSA) is 81.4 Å². The van der Waals surface area contributed by atoms with E-state index in [0.29, 0.717) is 10.2 Å². The molecule has 3 N–H and O–H groups in total. The smallest absolute Gasteiger partial charge is 0.341 e. The highest BCUT2D eigenvalue weighted by Crippen LogP contribution is 2.21. The van der Waals surface area contributed by atoms with Crippen LogP contribution >= 0.6 is 15.9 Å². The number of anilines is 2. The number of nitrogen functional groups attached to an aromatic ring is 1. The Labute approximate surface area is 149 Å². The van der Waals surface area contributed by atoms with Crippen LogP contribution in [0.4, 0.5) is 11.4 Å². The van der Waals surface area contributed by atoms with Gasteiger partial charge in [0, 0.05) is 15.8 Å². The van der Waals surface area contributed by atoms with Crippen molar-refractivity contribution in [3.05, 3.63) is 57.6 Å². The summed E-state index contributed by atoms with van der Waals surface area (Å²) in [5, 5.41) is 2.80. The van der Waals surface area contributed by atoms with Crippen LogP contribution in [-0.2, 0) is 9.53 Å². The van der Waals surface area contributed by atoms with E-state index in [1.807, 2.05) is 32.0 Å². The summed E-state index contributed by atoms with van der Waals surface area (Å²) in [7, 11) is 0. The van der Waals surface area contributed by atoms with Crippen LogP contribution < -0.4 is 11.1 Å². The summed E-state index contributed by atoms with van der Waals surface area (Å²) in [6.45, 7) is 5.33. The maximum Gasteiger partial charge on any atom is 0.341 e. The lowest BCUT2D eigenvalue weighted by atomic mass is 10.1. The second-order valence-corrected chi connectivity index (χ2v) is 6.45. The predicted molar refractivity (Wildman–Crippen MR) is 98.0 cm³/mol. The number of nitrogens with one attached hydrogen (secondary N) is 1. The van der Waals surface area contributed by atoms with Gasteiger partial charge in [-0.2, -0.15) is 0 Å². The van der Waals surface area contributed by atoms with Crippen LogP contribution in [0.2, 0.25) is 0 Å². The fourth-order valence-corrected chi connectivity index (χ4v) is 2.58. The molecule has 0 saturated carbocycles. The molecule has 2 aromatic carbocycles. The van der Waals surface area contributed by atoms with Gasteiger partial charge in [0.2, 0.25) is 0 Å². The Bertz CT molecular complexity index is 770. The van der Waals surface area contributed by atoms with Gasteiger partial charge in [0.1, 0.15) is 0 Å². The predicted octanol–water partition coefficient (Wildman–Crippen LogP) is 3.83. The SMILES string of the molecule is Cc1cccc(C)c1NC(=O)[C@@H](C)OC(=O)c1cc(Br)ccc1N. The Kier molecular flexibility index (Phi) is 5.62. The van der Waals surface area contributed by atoms with Crippen molar-refractivity contribution < 1.29 is 14.3 Å². The molecule has 24 heavy (non-hydrogen) atoms. The summed E-state index contributed by atoms with van der Waals surface area (Å²) >= 11 is 3.28. The van der Waals surface area contributed by atoms with Gasteiger partial charge in [-0.3, -0.25) is 4.79 Å². The van der Waals surface area contributed by atoms with Crippen molar-refractivity contribution in [2.75, 3.05) is 11.1 Å². The number of carbonyl (C=O) groups excluding carboxylic acids is 2. The van der Waals surface area contributed by atoms with Gasteiger partial charge in [0.05, 0.1) is 5.56 Å². The number of rotatable bonds is 4. The number of hydrogen-bond donors (Lipinski definition) is 2. The average molecular weight is 391 g/mol. The lowest BCUT2D eigenvalue weighted by Gasteiger charge is -2.16. The van der Waals surface area contributed by atoms with Crippen molar-refractivity contribution >= 4 is 39.2 Å². The molecular weight excluding hydrogens is 372 g/mol. The summed E-state index contributed by atoms with van der Waals surface area (Å²) in [6, 6.07) is 10.6. The third kappa shape index (κ3) is 4.14. The Hall–Kier alpha value is -2.34. The van der Waals surface area contributed by atoms with Crippen molar-refractivity contribution in [3.8, 4) is 0 Å². The van der Waals surface area contributed by atoms with E-state index in [1.54, 1.807) is 18.2 Å². The van der Waals surface area contributed by atoms with Gasteiger partial charge in [-0.05, 0) is 50.1 Å². The Balaban J connectivity index is 2.09. The van der Waals surface area contributed by atoms with Crippen LogP contribution in [-0.4, -0.2) is 18.0 Å². The number of carbonyl (C=O) groups is 2. The standard InChI is InChI=1S/C18H19BrN2O3/c1-10-5-4-6-11(2)16(10)21-17(22)12(3)24-18(23)14-9-13(19)7-8-15(14)20/h4-9,12H,20H2,1-3H3,(H,21,22)/t12-/m1/s1. The number of nitrogens with two attached hydrogens (primary N) is 1. The van der Waals surface area contributed by atoms with E-state index in [-0.39, 0.29) is 5.56 Å². The van der Waals surface area contributed by atoms with E-state index in [0.717, 1.165) is 16.8 Å². The van der Waals surface area contributed by atoms with Gasteiger partial charge >= 0.3 is 5.97 Å². The molecule has 0 aromatic heterocycles. The first-order valence-electron chi connectivity index (χ1n) is 7.42. The molecule has 0 aliphatic rings. The van der Waals surface area contributed by atoms with Gasteiger partial charge in [-0.15, -0.1) is 0 Å². The van der Waals surface area contributed by atoms with Crippen molar-refractivity contribution in [1.82, 2.24) is 0 Å². The zero-order valence-corrected chi connectivity index (χ0v) is 15.3. The molecular formula is C18H19BrN2O3. The van der Waals surface area contributed by atoms with E-state index in [2.05, 4.69) is 21.2 Å². The molecule has 2 rings (SSSR count). The van der Waals surface area contributed by atoms with E-state index in [1.165, 1.54) is 6.92 Å². The molecule has 0 radical (unpaired) electrons. The van der Waals surface area contributed by atoms with Crippen molar-refractivity contribution in [1.29, 1.82) is 0 Å². The van der Waals surface area contributed by atoms with Crippen LogP contribution in [0.1, 0.15) is 28.4 Å². The van der Waals surface area contributed by atoms with Crippen LogP contribution in [0.15, 0.2) is 40.9 Å². The summed E-state index contributed by atoms with van der Waals surface area (Å²) in [5.41, 5.74) is 8.91. The fourth-order valence-electron chi connectivity index (χ4n) is 2.22. The quantitative estimate of drug-likeness (QED) is 0.613. The number of ether oxygens (including phenoxy) is 1. The maximum atomic E-state index is 12.3. The lowest BCUT2D eigenvalue weighted by Crippen LogP contribution is -2.30. The largest absolute Gasteiger partial charge is 0.449 e. The van der Waals surface area contributed by atoms with Gasteiger partial charge < -0.3 is 15.8 Å². The Morgan fingerprint density at radius 3 is 2.42 bits per heavy atom. The molecule has 126 valence electrons. The highest BCUT2D eigenvalue weighted by atomic mass is 79.9. The summed E-state index contributed by atoms with van der Waals surface area (Å²) < 4.78 is 5.94. The minimum absolute atomic E-state index is 0.219. The number of halogens is 1.